The summed E-state index contributed by atoms with van der Waals surface area (Å²) in [7, 11) is 0. The van der Waals surface area contributed by atoms with Crippen molar-refractivity contribution in [2.75, 3.05) is 5.75 Å². The number of thioether (sulfide) groups is 1. The highest BCUT2D eigenvalue weighted by Crippen LogP contribution is 2.27. The topological polar surface area (TPSA) is 0 Å². The third kappa shape index (κ3) is 7.25. The standard InChI is InChI=1S/C11H19ClS/c1-5-6-8-13-9-7-10(12)11(2,3)4/h9H,5-6,8H2,1-4H3. The number of unbranched alkanes of at least 4 members (excludes halogenated alkanes) is 1. The quantitative estimate of drug-likeness (QED) is 0.483. The lowest BCUT2D eigenvalue weighted by Gasteiger charge is -2.14. The molecule has 0 aliphatic carbocycles. The van der Waals surface area contributed by atoms with Crippen LogP contribution in [0.3, 0.4) is 0 Å². The summed E-state index contributed by atoms with van der Waals surface area (Å²) in [6.07, 6.45) is 2.51. The first-order chi connectivity index (χ1) is 5.98. The summed E-state index contributed by atoms with van der Waals surface area (Å²) in [6, 6.07) is 0. The number of hydrogen-bond acceptors (Lipinski definition) is 1. The molecule has 0 fully saturated rings. The Labute approximate surface area is 91.4 Å². The predicted molar refractivity (Wildman–Crippen MR) is 64.3 cm³/mol. The molecule has 2 heteroatoms. The summed E-state index contributed by atoms with van der Waals surface area (Å²) < 4.78 is 0. The van der Waals surface area contributed by atoms with Gasteiger partial charge in [-0.1, -0.05) is 51.4 Å². The maximum absolute atomic E-state index is 6.03. The zero-order valence-corrected chi connectivity index (χ0v) is 10.6. The third-order valence-electron chi connectivity index (χ3n) is 1.54. The van der Waals surface area contributed by atoms with Gasteiger partial charge in [-0.25, -0.2) is 0 Å². The van der Waals surface area contributed by atoms with Crippen LogP contribution in [0.2, 0.25) is 0 Å². The lowest BCUT2D eigenvalue weighted by Crippen LogP contribution is -2.03. The van der Waals surface area contributed by atoms with Crippen LogP contribution in [0.15, 0.2) is 16.2 Å². The Hall–Kier alpha value is 0.160. The molecule has 76 valence electrons. The van der Waals surface area contributed by atoms with Crippen LogP contribution < -0.4 is 0 Å². The lowest BCUT2D eigenvalue weighted by atomic mass is 9.97. The monoisotopic (exact) mass is 218 g/mol. The summed E-state index contributed by atoms with van der Waals surface area (Å²) in [5.41, 5.74) is 3.13. The van der Waals surface area contributed by atoms with Crippen LogP contribution in [-0.4, -0.2) is 5.75 Å². The molecule has 0 N–H and O–H groups in total. The van der Waals surface area contributed by atoms with E-state index in [2.05, 4.69) is 33.4 Å². The number of rotatable bonds is 4. The first kappa shape index (κ1) is 13.2. The minimum atomic E-state index is 0.0311. The van der Waals surface area contributed by atoms with Gasteiger partial charge in [-0.2, -0.15) is 0 Å². The van der Waals surface area contributed by atoms with Gasteiger partial charge >= 0.3 is 0 Å². The highest BCUT2D eigenvalue weighted by Gasteiger charge is 2.13. The molecule has 0 nitrogen and oxygen atoms in total. The second-order valence-electron chi connectivity index (χ2n) is 4.05. The van der Waals surface area contributed by atoms with Gasteiger partial charge in [-0.15, -0.1) is 11.8 Å². The van der Waals surface area contributed by atoms with Crippen molar-refractivity contribution < 1.29 is 0 Å². The zero-order chi connectivity index (χ0) is 10.3. The Morgan fingerprint density at radius 1 is 1.46 bits per heavy atom. The summed E-state index contributed by atoms with van der Waals surface area (Å²) in [5, 5.41) is 2.78. The van der Waals surface area contributed by atoms with Crippen molar-refractivity contribution in [2.24, 2.45) is 5.41 Å². The molecule has 0 heterocycles. The van der Waals surface area contributed by atoms with Gasteiger partial charge in [-0.3, -0.25) is 0 Å². The summed E-state index contributed by atoms with van der Waals surface area (Å²) in [5.74, 6) is 1.16. The molecule has 0 aliphatic heterocycles. The molecular formula is C11H19ClS. The number of allylic oxidation sites excluding steroid dienone is 1. The second-order valence-corrected chi connectivity index (χ2v) is 5.41. The van der Waals surface area contributed by atoms with Gasteiger partial charge in [-0.05, 0) is 12.2 Å². The van der Waals surface area contributed by atoms with Crippen molar-refractivity contribution in [2.45, 2.75) is 40.5 Å². The van der Waals surface area contributed by atoms with Gasteiger partial charge < -0.3 is 0 Å². The van der Waals surface area contributed by atoms with Crippen molar-refractivity contribution in [3.8, 4) is 0 Å². The van der Waals surface area contributed by atoms with Crippen LogP contribution >= 0.6 is 23.4 Å². The molecule has 0 saturated carbocycles. The molecule has 0 saturated heterocycles. The van der Waals surface area contributed by atoms with E-state index in [0.29, 0.717) is 0 Å². The molecule has 0 spiro atoms. The average molecular weight is 219 g/mol. The van der Waals surface area contributed by atoms with E-state index in [9.17, 15) is 0 Å². The Bertz CT molecular complexity index is 195. The second kappa shape index (κ2) is 6.59. The SMILES string of the molecule is CCCCSC=C=C(Cl)C(C)(C)C. The minimum Gasteiger partial charge on any atom is -0.126 e. The Morgan fingerprint density at radius 2 is 2.08 bits per heavy atom. The fraction of sp³-hybridized carbons (Fsp3) is 0.727. The Balaban J connectivity index is 3.93. The van der Waals surface area contributed by atoms with E-state index < -0.39 is 0 Å². The number of halogens is 1. The first-order valence-corrected chi connectivity index (χ1v) is 6.14. The van der Waals surface area contributed by atoms with Crippen molar-refractivity contribution in [3.05, 3.63) is 16.2 Å². The highest BCUT2D eigenvalue weighted by atomic mass is 35.5. The number of hydrogen-bond donors (Lipinski definition) is 0. The van der Waals surface area contributed by atoms with Gasteiger partial charge in [0.1, 0.15) is 0 Å². The summed E-state index contributed by atoms with van der Waals surface area (Å²) in [6.45, 7) is 8.47. The van der Waals surface area contributed by atoms with E-state index in [1.54, 1.807) is 11.8 Å². The molecule has 0 aromatic rings. The highest BCUT2D eigenvalue weighted by molar-refractivity contribution is 8.02. The van der Waals surface area contributed by atoms with E-state index in [-0.39, 0.29) is 5.41 Å². The van der Waals surface area contributed by atoms with Crippen LogP contribution in [0.25, 0.3) is 0 Å². The first-order valence-electron chi connectivity index (χ1n) is 4.71. The summed E-state index contributed by atoms with van der Waals surface area (Å²) in [4.78, 5) is 0. The predicted octanol–water partition coefficient (Wildman–Crippen LogP) is 4.80. The van der Waals surface area contributed by atoms with Gasteiger partial charge in [0.05, 0.1) is 5.03 Å². The van der Waals surface area contributed by atoms with Gasteiger partial charge in [0.2, 0.25) is 0 Å². The Morgan fingerprint density at radius 3 is 2.54 bits per heavy atom. The minimum absolute atomic E-state index is 0.0311. The molecule has 0 radical (unpaired) electrons. The molecular weight excluding hydrogens is 200 g/mol. The zero-order valence-electron chi connectivity index (χ0n) is 8.98. The average Bonchev–Trinajstić information content (AvgIpc) is 2.02. The molecule has 0 atom stereocenters. The van der Waals surface area contributed by atoms with E-state index in [4.69, 9.17) is 11.6 Å². The van der Waals surface area contributed by atoms with E-state index in [1.807, 2.05) is 5.41 Å². The van der Waals surface area contributed by atoms with Crippen LogP contribution in [0.1, 0.15) is 40.5 Å². The fourth-order valence-corrected chi connectivity index (χ4v) is 1.49. The van der Waals surface area contributed by atoms with Crippen LogP contribution in [0.5, 0.6) is 0 Å². The molecule has 0 unspecified atom stereocenters. The molecule has 13 heavy (non-hydrogen) atoms. The summed E-state index contributed by atoms with van der Waals surface area (Å²) >= 11 is 7.81. The maximum atomic E-state index is 6.03. The third-order valence-corrected chi connectivity index (χ3v) is 3.03. The fourth-order valence-electron chi connectivity index (χ4n) is 0.597. The van der Waals surface area contributed by atoms with Crippen molar-refractivity contribution in [1.29, 1.82) is 0 Å². The maximum Gasteiger partial charge on any atom is 0.0656 e. The van der Waals surface area contributed by atoms with Gasteiger partial charge in [0, 0.05) is 10.8 Å². The van der Waals surface area contributed by atoms with Crippen molar-refractivity contribution >= 4 is 23.4 Å². The molecule has 0 bridgehead atoms. The van der Waals surface area contributed by atoms with Crippen molar-refractivity contribution in [1.82, 2.24) is 0 Å². The van der Waals surface area contributed by atoms with Crippen LogP contribution in [0.4, 0.5) is 0 Å². The molecule has 0 aromatic carbocycles. The lowest BCUT2D eigenvalue weighted by molar-refractivity contribution is 0.532. The molecule has 0 rings (SSSR count). The largest absolute Gasteiger partial charge is 0.126 e. The van der Waals surface area contributed by atoms with E-state index in [0.717, 1.165) is 10.8 Å². The van der Waals surface area contributed by atoms with Gasteiger partial charge in [0.15, 0.2) is 0 Å². The van der Waals surface area contributed by atoms with Crippen LogP contribution in [0, 0.1) is 5.41 Å². The molecule has 0 aromatic heterocycles. The van der Waals surface area contributed by atoms with E-state index >= 15 is 0 Å². The van der Waals surface area contributed by atoms with Gasteiger partial charge in [0.25, 0.3) is 0 Å². The Kier molecular flexibility index (Phi) is 6.67. The molecule has 0 amide bonds. The van der Waals surface area contributed by atoms with Crippen molar-refractivity contribution in [3.63, 3.8) is 0 Å². The molecule has 0 aliphatic rings. The van der Waals surface area contributed by atoms with Crippen LogP contribution in [-0.2, 0) is 0 Å². The smallest absolute Gasteiger partial charge is 0.0656 e. The van der Waals surface area contributed by atoms with E-state index in [1.165, 1.54) is 12.8 Å². The normalized spacial score (nSPS) is 10.8.